The number of esters is 2. The predicted molar refractivity (Wildman–Crippen MR) is 88.5 cm³/mol. The van der Waals surface area contributed by atoms with Gasteiger partial charge in [0.2, 0.25) is 0 Å². The zero-order chi connectivity index (χ0) is 16.8. The van der Waals surface area contributed by atoms with Crippen LogP contribution in [0.25, 0.3) is 0 Å². The molecule has 0 N–H and O–H groups in total. The van der Waals surface area contributed by atoms with Crippen LogP contribution in [0.1, 0.15) is 79.1 Å². The Labute approximate surface area is 135 Å². The molecule has 2 unspecified atom stereocenters. The van der Waals surface area contributed by atoms with Gasteiger partial charge in [0, 0.05) is 0 Å². The molecule has 0 rings (SSSR count). The van der Waals surface area contributed by atoms with Crippen molar-refractivity contribution < 1.29 is 19.1 Å². The Balaban J connectivity index is 4.96. The molecule has 0 aromatic rings. The van der Waals surface area contributed by atoms with Crippen molar-refractivity contribution in [2.24, 2.45) is 11.8 Å². The smallest absolute Gasteiger partial charge is 0.309 e. The molecular weight excluding hydrogens is 280 g/mol. The van der Waals surface area contributed by atoms with E-state index in [0.29, 0.717) is 26.1 Å². The topological polar surface area (TPSA) is 52.6 Å². The summed E-state index contributed by atoms with van der Waals surface area (Å²) >= 11 is 0. The molecule has 0 aromatic carbocycles. The highest BCUT2D eigenvalue weighted by molar-refractivity contribution is 5.82. The third kappa shape index (κ3) is 8.40. The van der Waals surface area contributed by atoms with E-state index in [-0.39, 0.29) is 23.8 Å². The van der Waals surface area contributed by atoms with Crippen molar-refractivity contribution in [3.63, 3.8) is 0 Å². The van der Waals surface area contributed by atoms with Crippen molar-refractivity contribution in [2.75, 3.05) is 13.2 Å². The van der Waals surface area contributed by atoms with Crippen LogP contribution in [-0.4, -0.2) is 25.2 Å². The lowest BCUT2D eigenvalue weighted by Crippen LogP contribution is -2.33. The predicted octanol–water partition coefficient (Wildman–Crippen LogP) is 4.51. The second kappa shape index (κ2) is 13.6. The monoisotopic (exact) mass is 314 g/mol. The SMILES string of the molecule is CCCCC(C(=O)OCCC)C(CCCC)C(=O)OCCC. The summed E-state index contributed by atoms with van der Waals surface area (Å²) in [6.45, 7) is 8.96. The molecule has 0 aromatic heterocycles. The van der Waals surface area contributed by atoms with Crippen LogP contribution in [0.5, 0.6) is 0 Å². The molecule has 130 valence electrons. The van der Waals surface area contributed by atoms with E-state index in [4.69, 9.17) is 9.47 Å². The highest BCUT2D eigenvalue weighted by Crippen LogP contribution is 2.27. The summed E-state index contributed by atoms with van der Waals surface area (Å²) < 4.78 is 10.6. The van der Waals surface area contributed by atoms with Crippen LogP contribution in [0.15, 0.2) is 0 Å². The van der Waals surface area contributed by atoms with E-state index in [1.807, 2.05) is 13.8 Å². The van der Waals surface area contributed by atoms with Crippen molar-refractivity contribution in [3.05, 3.63) is 0 Å². The first-order valence-corrected chi connectivity index (χ1v) is 8.95. The number of hydrogen-bond donors (Lipinski definition) is 0. The lowest BCUT2D eigenvalue weighted by Gasteiger charge is -2.24. The van der Waals surface area contributed by atoms with E-state index < -0.39 is 0 Å². The van der Waals surface area contributed by atoms with Crippen LogP contribution in [0.2, 0.25) is 0 Å². The molecule has 0 amide bonds. The summed E-state index contributed by atoms with van der Waals surface area (Å²) in [4.78, 5) is 24.7. The molecule has 0 aliphatic carbocycles. The summed E-state index contributed by atoms with van der Waals surface area (Å²) in [5.74, 6) is -1.18. The molecule has 0 heterocycles. The Morgan fingerprint density at radius 1 is 0.682 bits per heavy atom. The molecule has 4 heteroatoms. The van der Waals surface area contributed by atoms with E-state index in [1.54, 1.807) is 0 Å². The zero-order valence-electron chi connectivity index (χ0n) is 14.9. The first-order chi connectivity index (χ1) is 10.6. The van der Waals surface area contributed by atoms with Gasteiger partial charge >= 0.3 is 11.9 Å². The molecule has 2 atom stereocenters. The summed E-state index contributed by atoms with van der Waals surface area (Å²) in [6.07, 6.45) is 6.86. The number of rotatable bonds is 13. The molecule has 4 nitrogen and oxygen atoms in total. The molecule has 0 saturated heterocycles. The fourth-order valence-corrected chi connectivity index (χ4v) is 2.43. The summed E-state index contributed by atoms with van der Waals surface area (Å²) in [6, 6.07) is 0. The van der Waals surface area contributed by atoms with Gasteiger partial charge in [0.1, 0.15) is 0 Å². The van der Waals surface area contributed by atoms with Crippen LogP contribution >= 0.6 is 0 Å². The number of unbranched alkanes of at least 4 members (excludes halogenated alkanes) is 2. The highest BCUT2D eigenvalue weighted by Gasteiger charge is 2.34. The Morgan fingerprint density at radius 2 is 1.05 bits per heavy atom. The molecule has 0 aliphatic heterocycles. The number of ether oxygens (including phenoxy) is 2. The minimum Gasteiger partial charge on any atom is -0.465 e. The molecule has 0 fully saturated rings. The van der Waals surface area contributed by atoms with Gasteiger partial charge in [-0.2, -0.15) is 0 Å². The average molecular weight is 314 g/mol. The average Bonchev–Trinajstić information content (AvgIpc) is 2.53. The number of carbonyl (C=O) groups is 2. The fraction of sp³-hybridized carbons (Fsp3) is 0.889. The van der Waals surface area contributed by atoms with Gasteiger partial charge in [-0.1, -0.05) is 53.4 Å². The van der Waals surface area contributed by atoms with Crippen LogP contribution in [-0.2, 0) is 19.1 Å². The standard InChI is InChI=1S/C18H34O4/c1-5-9-11-15(17(19)21-13-7-3)16(12-10-6-2)18(20)22-14-8-4/h15-16H,5-14H2,1-4H3. The van der Waals surface area contributed by atoms with Crippen LogP contribution in [0.4, 0.5) is 0 Å². The fourth-order valence-electron chi connectivity index (χ4n) is 2.43. The van der Waals surface area contributed by atoms with Crippen molar-refractivity contribution in [1.29, 1.82) is 0 Å². The van der Waals surface area contributed by atoms with Gasteiger partial charge in [-0.25, -0.2) is 0 Å². The van der Waals surface area contributed by atoms with Gasteiger partial charge in [0.25, 0.3) is 0 Å². The lowest BCUT2D eigenvalue weighted by molar-refractivity contribution is -0.161. The molecule has 0 bridgehead atoms. The second-order valence-corrected chi connectivity index (χ2v) is 5.83. The first kappa shape index (κ1) is 20.9. The Bertz CT molecular complexity index is 271. The largest absolute Gasteiger partial charge is 0.465 e. The summed E-state index contributed by atoms with van der Waals surface area (Å²) in [5, 5.41) is 0. The zero-order valence-corrected chi connectivity index (χ0v) is 14.9. The normalized spacial score (nSPS) is 13.5. The number of hydrogen-bond acceptors (Lipinski definition) is 4. The van der Waals surface area contributed by atoms with Crippen LogP contribution in [0, 0.1) is 11.8 Å². The molecule has 0 aliphatic rings. The maximum absolute atomic E-state index is 12.4. The van der Waals surface area contributed by atoms with Crippen LogP contribution in [0.3, 0.4) is 0 Å². The van der Waals surface area contributed by atoms with Crippen molar-refractivity contribution >= 4 is 11.9 Å². The second-order valence-electron chi connectivity index (χ2n) is 5.83. The molecular formula is C18H34O4. The minimum atomic E-state index is -0.359. The Kier molecular flexibility index (Phi) is 12.9. The van der Waals surface area contributed by atoms with Gasteiger partial charge in [-0.15, -0.1) is 0 Å². The third-order valence-electron chi connectivity index (χ3n) is 3.73. The van der Waals surface area contributed by atoms with Crippen molar-refractivity contribution in [2.45, 2.75) is 79.1 Å². The maximum atomic E-state index is 12.4. The van der Waals surface area contributed by atoms with Gasteiger partial charge in [0.15, 0.2) is 0 Å². The highest BCUT2D eigenvalue weighted by atomic mass is 16.5. The van der Waals surface area contributed by atoms with Crippen molar-refractivity contribution in [3.8, 4) is 0 Å². The van der Waals surface area contributed by atoms with Gasteiger partial charge in [-0.05, 0) is 25.7 Å². The summed E-state index contributed by atoms with van der Waals surface area (Å²) in [5.41, 5.74) is 0. The maximum Gasteiger partial charge on any atom is 0.309 e. The van der Waals surface area contributed by atoms with Gasteiger partial charge in [-0.3, -0.25) is 9.59 Å². The Hall–Kier alpha value is -1.06. The summed E-state index contributed by atoms with van der Waals surface area (Å²) in [7, 11) is 0. The molecule has 22 heavy (non-hydrogen) atoms. The number of carbonyl (C=O) groups excluding carboxylic acids is 2. The molecule has 0 radical (unpaired) electrons. The van der Waals surface area contributed by atoms with E-state index in [0.717, 1.165) is 38.5 Å². The van der Waals surface area contributed by atoms with E-state index in [9.17, 15) is 9.59 Å². The van der Waals surface area contributed by atoms with Crippen LogP contribution < -0.4 is 0 Å². The van der Waals surface area contributed by atoms with E-state index >= 15 is 0 Å². The quantitative estimate of drug-likeness (QED) is 0.469. The van der Waals surface area contributed by atoms with Gasteiger partial charge in [0.05, 0.1) is 25.0 Å². The van der Waals surface area contributed by atoms with Gasteiger partial charge < -0.3 is 9.47 Å². The third-order valence-corrected chi connectivity index (χ3v) is 3.73. The minimum absolute atomic E-state index is 0.232. The van der Waals surface area contributed by atoms with E-state index in [2.05, 4.69) is 13.8 Å². The Morgan fingerprint density at radius 3 is 1.32 bits per heavy atom. The van der Waals surface area contributed by atoms with E-state index in [1.165, 1.54) is 0 Å². The lowest BCUT2D eigenvalue weighted by atomic mass is 9.84. The van der Waals surface area contributed by atoms with Crippen molar-refractivity contribution in [1.82, 2.24) is 0 Å². The molecule has 0 saturated carbocycles. The first-order valence-electron chi connectivity index (χ1n) is 8.95. The molecule has 0 spiro atoms.